The molecule has 0 saturated heterocycles. The SMILES string of the molecule is CN=C(NCCC(C)C)NCC(=O)N1CCc2sccc2C1.I. The van der Waals surface area contributed by atoms with Crippen molar-refractivity contribution >= 4 is 47.2 Å². The Bertz CT molecular complexity index is 530. The van der Waals surface area contributed by atoms with Crippen molar-refractivity contribution in [3.8, 4) is 0 Å². The van der Waals surface area contributed by atoms with Gasteiger partial charge in [-0.15, -0.1) is 35.3 Å². The Morgan fingerprint density at radius 3 is 2.91 bits per heavy atom. The minimum atomic E-state index is 0. The number of amides is 1. The lowest BCUT2D eigenvalue weighted by Gasteiger charge is -2.27. The normalized spacial score (nSPS) is 14.3. The molecule has 1 aromatic rings. The number of carbonyl (C=O) groups is 1. The lowest BCUT2D eigenvalue weighted by atomic mass is 10.1. The molecule has 0 fully saturated rings. The number of guanidine groups is 1. The Morgan fingerprint density at radius 1 is 1.43 bits per heavy atom. The van der Waals surface area contributed by atoms with E-state index in [-0.39, 0.29) is 29.9 Å². The molecule has 0 radical (unpaired) electrons. The second kappa shape index (κ2) is 10.1. The topological polar surface area (TPSA) is 56.7 Å². The highest BCUT2D eigenvalue weighted by molar-refractivity contribution is 14.0. The molecule has 0 aromatic carbocycles. The fraction of sp³-hybridized carbons (Fsp3) is 0.625. The summed E-state index contributed by atoms with van der Waals surface area (Å²) in [6.45, 7) is 7.09. The Hall–Kier alpha value is -0.830. The van der Waals surface area contributed by atoms with Crippen molar-refractivity contribution in [2.24, 2.45) is 10.9 Å². The molecule has 0 spiro atoms. The van der Waals surface area contributed by atoms with Gasteiger partial charge in [0.15, 0.2) is 5.96 Å². The lowest BCUT2D eigenvalue weighted by Crippen LogP contribution is -2.46. The van der Waals surface area contributed by atoms with Crippen LogP contribution in [0.25, 0.3) is 0 Å². The third-order valence-corrected chi connectivity index (χ3v) is 4.83. The van der Waals surface area contributed by atoms with Gasteiger partial charge in [0, 0.05) is 31.6 Å². The summed E-state index contributed by atoms with van der Waals surface area (Å²) in [6, 6.07) is 2.12. The van der Waals surface area contributed by atoms with Gasteiger partial charge in [-0.2, -0.15) is 0 Å². The van der Waals surface area contributed by atoms with E-state index in [1.165, 1.54) is 10.4 Å². The predicted octanol–water partition coefficient (Wildman–Crippen LogP) is 2.46. The van der Waals surface area contributed by atoms with Gasteiger partial charge in [-0.3, -0.25) is 9.79 Å². The average molecular weight is 450 g/mol. The maximum absolute atomic E-state index is 12.3. The number of hydrogen-bond acceptors (Lipinski definition) is 3. The maximum atomic E-state index is 12.3. The third-order valence-electron chi connectivity index (χ3n) is 3.81. The van der Waals surface area contributed by atoms with Crippen LogP contribution >= 0.6 is 35.3 Å². The van der Waals surface area contributed by atoms with Crippen LogP contribution in [-0.4, -0.2) is 43.4 Å². The number of hydrogen-bond donors (Lipinski definition) is 2. The first-order valence-electron chi connectivity index (χ1n) is 7.87. The first kappa shape index (κ1) is 20.2. The highest BCUT2D eigenvalue weighted by atomic mass is 127. The van der Waals surface area contributed by atoms with Crippen molar-refractivity contribution in [1.29, 1.82) is 0 Å². The average Bonchev–Trinajstić information content (AvgIpc) is 2.97. The lowest BCUT2D eigenvalue weighted by molar-refractivity contribution is -0.130. The summed E-state index contributed by atoms with van der Waals surface area (Å²) in [5, 5.41) is 8.46. The Kier molecular flexibility index (Phi) is 8.90. The number of nitrogens with zero attached hydrogens (tertiary/aromatic N) is 2. The Balaban J connectivity index is 0.00000264. The molecular formula is C16H27IN4OS. The van der Waals surface area contributed by atoms with Gasteiger partial charge in [-0.05, 0) is 35.8 Å². The smallest absolute Gasteiger partial charge is 0.242 e. The Morgan fingerprint density at radius 2 is 2.22 bits per heavy atom. The van der Waals surface area contributed by atoms with Crippen LogP contribution in [0, 0.1) is 5.92 Å². The van der Waals surface area contributed by atoms with E-state index in [0.29, 0.717) is 18.4 Å². The molecule has 130 valence electrons. The number of aliphatic imine (C=N–C) groups is 1. The summed E-state index contributed by atoms with van der Waals surface area (Å²) in [7, 11) is 1.73. The van der Waals surface area contributed by atoms with Crippen molar-refractivity contribution in [2.45, 2.75) is 33.2 Å². The van der Waals surface area contributed by atoms with Gasteiger partial charge in [-0.1, -0.05) is 13.8 Å². The van der Waals surface area contributed by atoms with E-state index in [0.717, 1.165) is 32.5 Å². The third kappa shape index (κ3) is 6.29. The second-order valence-corrected chi connectivity index (χ2v) is 6.97. The fourth-order valence-electron chi connectivity index (χ4n) is 2.43. The molecule has 2 rings (SSSR count). The van der Waals surface area contributed by atoms with E-state index in [9.17, 15) is 4.79 Å². The molecule has 1 aliphatic rings. The van der Waals surface area contributed by atoms with Gasteiger partial charge in [0.25, 0.3) is 0 Å². The van der Waals surface area contributed by atoms with E-state index < -0.39 is 0 Å². The summed E-state index contributed by atoms with van der Waals surface area (Å²) < 4.78 is 0. The van der Waals surface area contributed by atoms with Crippen molar-refractivity contribution in [3.63, 3.8) is 0 Å². The summed E-state index contributed by atoms with van der Waals surface area (Å²) in [6.07, 6.45) is 2.06. The van der Waals surface area contributed by atoms with E-state index in [4.69, 9.17) is 0 Å². The zero-order valence-corrected chi connectivity index (χ0v) is 17.2. The zero-order chi connectivity index (χ0) is 15.9. The number of rotatable bonds is 5. The molecule has 2 N–H and O–H groups in total. The van der Waals surface area contributed by atoms with Gasteiger partial charge >= 0.3 is 0 Å². The number of fused-ring (bicyclic) bond motifs is 1. The highest BCUT2D eigenvalue weighted by Crippen LogP contribution is 2.23. The predicted molar refractivity (Wildman–Crippen MR) is 108 cm³/mol. The number of halogens is 1. The van der Waals surface area contributed by atoms with Crippen molar-refractivity contribution in [2.75, 3.05) is 26.7 Å². The monoisotopic (exact) mass is 450 g/mol. The second-order valence-electron chi connectivity index (χ2n) is 5.97. The largest absolute Gasteiger partial charge is 0.356 e. The number of thiophene rings is 1. The Labute approximate surface area is 160 Å². The number of carbonyl (C=O) groups excluding carboxylic acids is 1. The first-order chi connectivity index (χ1) is 10.6. The van der Waals surface area contributed by atoms with E-state index in [2.05, 4.69) is 40.9 Å². The van der Waals surface area contributed by atoms with Crippen LogP contribution in [0.5, 0.6) is 0 Å². The summed E-state index contributed by atoms with van der Waals surface area (Å²) in [5.41, 5.74) is 1.30. The van der Waals surface area contributed by atoms with Gasteiger partial charge in [0.1, 0.15) is 0 Å². The summed E-state index contributed by atoms with van der Waals surface area (Å²) >= 11 is 1.79. The summed E-state index contributed by atoms with van der Waals surface area (Å²) in [5.74, 6) is 1.48. The number of nitrogens with one attached hydrogen (secondary N) is 2. The molecule has 2 heterocycles. The van der Waals surface area contributed by atoms with Crippen LogP contribution in [-0.2, 0) is 17.8 Å². The molecule has 0 aliphatic carbocycles. The minimum Gasteiger partial charge on any atom is -0.356 e. The van der Waals surface area contributed by atoms with Gasteiger partial charge < -0.3 is 15.5 Å². The molecule has 0 atom stereocenters. The van der Waals surface area contributed by atoms with Crippen LogP contribution in [0.4, 0.5) is 0 Å². The van der Waals surface area contributed by atoms with E-state index in [1.807, 2.05) is 4.90 Å². The fourth-order valence-corrected chi connectivity index (χ4v) is 3.32. The molecule has 1 aromatic heterocycles. The first-order valence-corrected chi connectivity index (χ1v) is 8.75. The maximum Gasteiger partial charge on any atom is 0.242 e. The zero-order valence-electron chi connectivity index (χ0n) is 14.1. The van der Waals surface area contributed by atoms with Crippen LogP contribution in [0.3, 0.4) is 0 Å². The molecule has 23 heavy (non-hydrogen) atoms. The van der Waals surface area contributed by atoms with Crippen molar-refractivity contribution in [3.05, 3.63) is 21.9 Å². The molecule has 0 unspecified atom stereocenters. The van der Waals surface area contributed by atoms with Crippen molar-refractivity contribution in [1.82, 2.24) is 15.5 Å². The highest BCUT2D eigenvalue weighted by Gasteiger charge is 2.21. The quantitative estimate of drug-likeness (QED) is 0.412. The van der Waals surface area contributed by atoms with E-state index >= 15 is 0 Å². The van der Waals surface area contributed by atoms with Crippen molar-refractivity contribution < 1.29 is 4.79 Å². The molecule has 1 aliphatic heterocycles. The molecule has 0 saturated carbocycles. The molecular weight excluding hydrogens is 423 g/mol. The van der Waals surface area contributed by atoms with Crippen LogP contribution in [0.1, 0.15) is 30.7 Å². The van der Waals surface area contributed by atoms with Gasteiger partial charge in [0.2, 0.25) is 5.91 Å². The van der Waals surface area contributed by atoms with Gasteiger partial charge in [0.05, 0.1) is 6.54 Å². The molecule has 7 heteroatoms. The molecule has 5 nitrogen and oxygen atoms in total. The van der Waals surface area contributed by atoms with Crippen LogP contribution in [0.15, 0.2) is 16.4 Å². The van der Waals surface area contributed by atoms with Crippen LogP contribution < -0.4 is 10.6 Å². The molecule has 0 bridgehead atoms. The summed E-state index contributed by atoms with van der Waals surface area (Å²) in [4.78, 5) is 19.8. The molecule has 1 amide bonds. The van der Waals surface area contributed by atoms with Crippen LogP contribution in [0.2, 0.25) is 0 Å². The van der Waals surface area contributed by atoms with Gasteiger partial charge in [-0.25, -0.2) is 0 Å². The van der Waals surface area contributed by atoms with E-state index in [1.54, 1.807) is 18.4 Å². The standard InChI is InChI=1S/C16H26N4OS.HI/c1-12(2)4-7-18-16(17-3)19-10-15(21)20-8-5-14-13(11-20)6-9-22-14;/h6,9,12H,4-5,7-8,10-11H2,1-3H3,(H2,17,18,19);1H. The minimum absolute atomic E-state index is 0.